The van der Waals surface area contributed by atoms with Gasteiger partial charge in [0.1, 0.15) is 0 Å². The average Bonchev–Trinajstić information content (AvgIpc) is 2.29. The van der Waals surface area contributed by atoms with Crippen LogP contribution in [0.25, 0.3) is 0 Å². The maximum absolute atomic E-state index is 11.3. The van der Waals surface area contributed by atoms with Crippen molar-refractivity contribution in [3.8, 4) is 0 Å². The lowest BCUT2D eigenvalue weighted by Crippen LogP contribution is -2.32. The van der Waals surface area contributed by atoms with Crippen LogP contribution in [0, 0.1) is 0 Å². The minimum absolute atomic E-state index is 0.0618. The first-order valence-electron chi connectivity index (χ1n) is 5.30. The van der Waals surface area contributed by atoms with Crippen LogP contribution in [0.4, 0.5) is 0 Å². The highest BCUT2D eigenvalue weighted by Crippen LogP contribution is 2.32. The SMILES string of the molecule is COC(=O)CC1NCCc2cccc(Br)c21. The fraction of sp³-hybridized carbons (Fsp3) is 0.417. The number of hydrogen-bond acceptors (Lipinski definition) is 3. The molecule has 3 nitrogen and oxygen atoms in total. The van der Waals surface area contributed by atoms with Gasteiger partial charge in [-0.1, -0.05) is 28.1 Å². The Kier molecular flexibility index (Phi) is 3.61. The molecule has 1 aliphatic heterocycles. The number of rotatable bonds is 2. The second-order valence-corrected chi connectivity index (χ2v) is 4.70. The van der Waals surface area contributed by atoms with Gasteiger partial charge in [-0.3, -0.25) is 4.79 Å². The smallest absolute Gasteiger partial charge is 0.307 e. The van der Waals surface area contributed by atoms with E-state index in [1.807, 2.05) is 12.1 Å². The van der Waals surface area contributed by atoms with Gasteiger partial charge in [0, 0.05) is 10.5 Å². The molecule has 1 unspecified atom stereocenters. The highest BCUT2D eigenvalue weighted by Gasteiger charge is 2.24. The van der Waals surface area contributed by atoms with Crippen molar-refractivity contribution in [1.29, 1.82) is 0 Å². The van der Waals surface area contributed by atoms with Gasteiger partial charge >= 0.3 is 5.97 Å². The van der Waals surface area contributed by atoms with Gasteiger partial charge in [0.2, 0.25) is 0 Å². The topological polar surface area (TPSA) is 38.3 Å². The molecule has 86 valence electrons. The first-order chi connectivity index (χ1) is 7.72. The number of carbonyl (C=O) groups excluding carboxylic acids is 1. The van der Waals surface area contributed by atoms with Crippen molar-refractivity contribution in [2.45, 2.75) is 18.9 Å². The summed E-state index contributed by atoms with van der Waals surface area (Å²) in [6.45, 7) is 0.908. The summed E-state index contributed by atoms with van der Waals surface area (Å²) in [6.07, 6.45) is 1.39. The summed E-state index contributed by atoms with van der Waals surface area (Å²) < 4.78 is 5.77. The standard InChI is InChI=1S/C12H14BrNO2/c1-16-11(15)7-10-12-8(5-6-14-10)3-2-4-9(12)13/h2-4,10,14H,5-7H2,1H3. The van der Waals surface area contributed by atoms with Crippen molar-refractivity contribution < 1.29 is 9.53 Å². The monoisotopic (exact) mass is 283 g/mol. The number of nitrogens with one attached hydrogen (secondary N) is 1. The maximum Gasteiger partial charge on any atom is 0.307 e. The van der Waals surface area contributed by atoms with E-state index in [4.69, 9.17) is 4.74 Å². The first-order valence-corrected chi connectivity index (χ1v) is 6.09. The van der Waals surface area contributed by atoms with E-state index in [0.717, 1.165) is 17.4 Å². The van der Waals surface area contributed by atoms with Crippen molar-refractivity contribution in [2.24, 2.45) is 0 Å². The Morgan fingerprint density at radius 1 is 1.62 bits per heavy atom. The molecule has 1 heterocycles. The molecular formula is C12H14BrNO2. The Labute approximate surface area is 103 Å². The molecule has 16 heavy (non-hydrogen) atoms. The van der Waals surface area contributed by atoms with Gasteiger partial charge in [-0.2, -0.15) is 0 Å². The van der Waals surface area contributed by atoms with Gasteiger partial charge in [-0.25, -0.2) is 0 Å². The van der Waals surface area contributed by atoms with Crippen molar-refractivity contribution in [2.75, 3.05) is 13.7 Å². The van der Waals surface area contributed by atoms with E-state index in [-0.39, 0.29) is 12.0 Å². The van der Waals surface area contributed by atoms with Gasteiger partial charge in [-0.15, -0.1) is 0 Å². The Bertz CT molecular complexity index is 406. The predicted molar refractivity (Wildman–Crippen MR) is 65.2 cm³/mol. The Balaban J connectivity index is 2.28. The summed E-state index contributed by atoms with van der Waals surface area (Å²) in [7, 11) is 1.42. The predicted octanol–water partition coefficient (Wildman–Crippen LogP) is 2.20. The van der Waals surface area contributed by atoms with E-state index in [2.05, 4.69) is 27.3 Å². The Morgan fingerprint density at radius 2 is 2.44 bits per heavy atom. The van der Waals surface area contributed by atoms with Crippen molar-refractivity contribution >= 4 is 21.9 Å². The molecule has 0 saturated carbocycles. The highest BCUT2D eigenvalue weighted by atomic mass is 79.9. The molecule has 0 aromatic heterocycles. The molecule has 1 aromatic rings. The number of hydrogen-bond donors (Lipinski definition) is 1. The van der Waals surface area contributed by atoms with E-state index in [0.29, 0.717) is 6.42 Å². The third-order valence-electron chi connectivity index (χ3n) is 2.88. The number of ether oxygens (including phenoxy) is 1. The normalized spacial score (nSPS) is 19.0. The molecule has 0 saturated heterocycles. The molecule has 2 rings (SSSR count). The molecule has 0 radical (unpaired) electrons. The zero-order valence-electron chi connectivity index (χ0n) is 9.13. The van der Waals surface area contributed by atoms with E-state index < -0.39 is 0 Å². The van der Waals surface area contributed by atoms with Crippen LogP contribution < -0.4 is 5.32 Å². The third kappa shape index (κ3) is 2.28. The van der Waals surface area contributed by atoms with Crippen LogP contribution in [-0.4, -0.2) is 19.6 Å². The zero-order chi connectivity index (χ0) is 11.5. The second-order valence-electron chi connectivity index (χ2n) is 3.85. The van der Waals surface area contributed by atoms with Crippen molar-refractivity contribution in [1.82, 2.24) is 5.32 Å². The molecule has 0 fully saturated rings. The summed E-state index contributed by atoms with van der Waals surface area (Å²) in [5, 5.41) is 3.35. The number of carbonyl (C=O) groups is 1. The fourth-order valence-electron chi connectivity index (χ4n) is 2.10. The maximum atomic E-state index is 11.3. The van der Waals surface area contributed by atoms with Gasteiger partial charge in [0.15, 0.2) is 0 Å². The molecule has 0 amide bonds. The van der Waals surface area contributed by atoms with E-state index in [1.165, 1.54) is 18.2 Å². The van der Waals surface area contributed by atoms with Gasteiger partial charge in [0.25, 0.3) is 0 Å². The largest absolute Gasteiger partial charge is 0.469 e. The highest BCUT2D eigenvalue weighted by molar-refractivity contribution is 9.10. The first kappa shape index (κ1) is 11.6. The van der Waals surface area contributed by atoms with E-state index in [1.54, 1.807) is 0 Å². The van der Waals surface area contributed by atoms with Crippen LogP contribution in [0.15, 0.2) is 22.7 Å². The summed E-state index contributed by atoms with van der Waals surface area (Å²) in [5.41, 5.74) is 2.50. The minimum atomic E-state index is -0.180. The lowest BCUT2D eigenvalue weighted by atomic mass is 9.92. The van der Waals surface area contributed by atoms with Crippen LogP contribution in [0.3, 0.4) is 0 Å². The fourth-order valence-corrected chi connectivity index (χ4v) is 2.78. The molecule has 0 spiro atoms. The molecule has 1 aliphatic rings. The number of halogens is 1. The summed E-state index contributed by atoms with van der Waals surface area (Å²) in [5.74, 6) is -0.180. The summed E-state index contributed by atoms with van der Waals surface area (Å²) in [4.78, 5) is 11.3. The summed E-state index contributed by atoms with van der Waals surface area (Å²) in [6, 6.07) is 6.22. The minimum Gasteiger partial charge on any atom is -0.469 e. The molecule has 0 bridgehead atoms. The van der Waals surface area contributed by atoms with Crippen LogP contribution in [0.1, 0.15) is 23.6 Å². The molecule has 0 aliphatic carbocycles. The van der Waals surface area contributed by atoms with Gasteiger partial charge < -0.3 is 10.1 Å². The molecular weight excluding hydrogens is 270 g/mol. The van der Waals surface area contributed by atoms with Gasteiger partial charge in [0.05, 0.1) is 13.5 Å². The number of methoxy groups -OCH3 is 1. The lowest BCUT2D eigenvalue weighted by molar-refractivity contribution is -0.141. The van der Waals surface area contributed by atoms with E-state index in [9.17, 15) is 4.79 Å². The van der Waals surface area contributed by atoms with Crippen molar-refractivity contribution in [3.05, 3.63) is 33.8 Å². The van der Waals surface area contributed by atoms with E-state index >= 15 is 0 Å². The quantitative estimate of drug-likeness (QED) is 0.846. The van der Waals surface area contributed by atoms with Crippen LogP contribution in [-0.2, 0) is 16.0 Å². The zero-order valence-corrected chi connectivity index (χ0v) is 10.7. The van der Waals surface area contributed by atoms with Crippen molar-refractivity contribution in [3.63, 3.8) is 0 Å². The lowest BCUT2D eigenvalue weighted by Gasteiger charge is -2.27. The van der Waals surface area contributed by atoms with Crippen LogP contribution in [0.5, 0.6) is 0 Å². The molecule has 1 aromatic carbocycles. The average molecular weight is 284 g/mol. The molecule has 1 N–H and O–H groups in total. The molecule has 1 atom stereocenters. The second kappa shape index (κ2) is 4.97. The summed E-state index contributed by atoms with van der Waals surface area (Å²) >= 11 is 3.54. The molecule has 4 heteroatoms. The number of esters is 1. The Morgan fingerprint density at radius 3 is 3.19 bits per heavy atom. The number of fused-ring (bicyclic) bond motifs is 1. The van der Waals surface area contributed by atoms with Crippen LogP contribution in [0.2, 0.25) is 0 Å². The number of benzene rings is 1. The van der Waals surface area contributed by atoms with Gasteiger partial charge in [-0.05, 0) is 30.2 Å². The third-order valence-corrected chi connectivity index (χ3v) is 3.57. The van der Waals surface area contributed by atoms with Crippen LogP contribution >= 0.6 is 15.9 Å². The Hall–Kier alpha value is -0.870.